The van der Waals surface area contributed by atoms with Gasteiger partial charge in [0.2, 0.25) is 0 Å². The van der Waals surface area contributed by atoms with Crippen LogP contribution in [0, 0.1) is 5.82 Å². The number of aliphatic hydroxyl groups is 1. The van der Waals surface area contributed by atoms with Crippen LogP contribution in [0.5, 0.6) is 0 Å². The summed E-state index contributed by atoms with van der Waals surface area (Å²) in [5.74, 6) is -0.348. The number of likely N-dealkylation sites (N-methyl/N-ethyl adjacent to an activating group) is 1. The number of halogens is 2. The lowest BCUT2D eigenvalue weighted by molar-refractivity contribution is 0.0336. The van der Waals surface area contributed by atoms with E-state index in [1.165, 1.54) is 12.1 Å². The van der Waals surface area contributed by atoms with Crippen molar-refractivity contribution < 1.29 is 9.50 Å². The van der Waals surface area contributed by atoms with E-state index in [4.69, 9.17) is 11.6 Å². The molecule has 1 aromatic carbocycles. The van der Waals surface area contributed by atoms with Crippen LogP contribution in [-0.2, 0) is 6.54 Å². The number of hydrogen-bond acceptors (Lipinski definition) is 3. The Kier molecular flexibility index (Phi) is 5.53. The van der Waals surface area contributed by atoms with E-state index in [1.54, 1.807) is 13.0 Å². The van der Waals surface area contributed by atoms with Crippen LogP contribution in [0.3, 0.4) is 0 Å². The molecule has 0 aromatic heterocycles. The second-order valence-corrected chi connectivity index (χ2v) is 5.55. The zero-order chi connectivity index (χ0) is 13.8. The lowest BCUT2D eigenvalue weighted by atomic mass is 10.1. The number of benzene rings is 1. The van der Waals surface area contributed by atoms with Gasteiger partial charge in [-0.25, -0.2) is 4.39 Å². The molecule has 0 bridgehead atoms. The summed E-state index contributed by atoms with van der Waals surface area (Å²) in [6.45, 7) is 3.23. The van der Waals surface area contributed by atoms with E-state index in [1.807, 2.05) is 19.0 Å². The number of nitrogens with zero attached hydrogens (tertiary/aromatic N) is 1. The van der Waals surface area contributed by atoms with Crippen molar-refractivity contribution in [3.63, 3.8) is 0 Å². The first-order valence-corrected chi connectivity index (χ1v) is 6.19. The second kappa shape index (κ2) is 6.48. The molecule has 0 fully saturated rings. The Morgan fingerprint density at radius 2 is 2.06 bits per heavy atom. The van der Waals surface area contributed by atoms with E-state index >= 15 is 0 Å². The van der Waals surface area contributed by atoms with Gasteiger partial charge in [0.25, 0.3) is 0 Å². The van der Waals surface area contributed by atoms with Gasteiger partial charge in [-0.3, -0.25) is 0 Å². The highest BCUT2D eigenvalue weighted by Gasteiger charge is 2.20. The van der Waals surface area contributed by atoms with Crippen molar-refractivity contribution >= 4 is 11.6 Å². The Bertz CT molecular complexity index is 376. The summed E-state index contributed by atoms with van der Waals surface area (Å²) in [4.78, 5) is 1.92. The predicted octanol–water partition coefficient (Wildman–Crippen LogP) is 1.88. The maximum absolute atomic E-state index is 13.1. The van der Waals surface area contributed by atoms with Gasteiger partial charge in [-0.2, -0.15) is 0 Å². The summed E-state index contributed by atoms with van der Waals surface area (Å²) in [7, 11) is 3.81. The first kappa shape index (κ1) is 15.4. The molecular weight excluding hydrogens is 255 g/mol. The van der Waals surface area contributed by atoms with Crippen molar-refractivity contribution in [3.8, 4) is 0 Å². The summed E-state index contributed by atoms with van der Waals surface area (Å²) in [5, 5.41) is 13.5. The summed E-state index contributed by atoms with van der Waals surface area (Å²) in [6.07, 6.45) is 0. The standard InChI is InChI=1S/C13H20ClFN2O/c1-13(18,9-17(2)3)8-16-7-10-4-11(14)6-12(15)5-10/h4-6,16,18H,7-9H2,1-3H3. The third-order valence-corrected chi connectivity index (χ3v) is 2.63. The molecular formula is C13H20ClFN2O. The van der Waals surface area contributed by atoms with Gasteiger partial charge in [0.1, 0.15) is 5.82 Å². The molecule has 2 N–H and O–H groups in total. The average molecular weight is 275 g/mol. The minimum absolute atomic E-state index is 0.348. The molecule has 0 amide bonds. The van der Waals surface area contributed by atoms with Crippen molar-refractivity contribution in [3.05, 3.63) is 34.6 Å². The highest BCUT2D eigenvalue weighted by Crippen LogP contribution is 2.14. The summed E-state index contributed by atoms with van der Waals surface area (Å²) < 4.78 is 13.1. The van der Waals surface area contributed by atoms with Crippen LogP contribution in [-0.4, -0.2) is 42.8 Å². The van der Waals surface area contributed by atoms with Gasteiger partial charge in [-0.15, -0.1) is 0 Å². The highest BCUT2D eigenvalue weighted by molar-refractivity contribution is 6.30. The topological polar surface area (TPSA) is 35.5 Å². The monoisotopic (exact) mass is 274 g/mol. The van der Waals surface area contributed by atoms with Crippen LogP contribution < -0.4 is 5.32 Å². The highest BCUT2D eigenvalue weighted by atomic mass is 35.5. The maximum Gasteiger partial charge on any atom is 0.125 e. The Labute approximate surface area is 113 Å². The van der Waals surface area contributed by atoms with E-state index in [2.05, 4.69) is 5.32 Å². The molecule has 0 heterocycles. The van der Waals surface area contributed by atoms with E-state index < -0.39 is 5.60 Å². The molecule has 0 saturated heterocycles. The van der Waals surface area contributed by atoms with Crippen molar-refractivity contribution in [2.24, 2.45) is 0 Å². The molecule has 5 heteroatoms. The number of nitrogens with one attached hydrogen (secondary N) is 1. The summed E-state index contributed by atoms with van der Waals surface area (Å²) in [6, 6.07) is 4.41. The molecule has 0 radical (unpaired) electrons. The molecule has 0 saturated carbocycles. The van der Waals surface area contributed by atoms with Crippen molar-refractivity contribution in [2.45, 2.75) is 19.1 Å². The minimum Gasteiger partial charge on any atom is -0.388 e. The maximum atomic E-state index is 13.1. The molecule has 0 aliphatic carbocycles. The van der Waals surface area contributed by atoms with Crippen LogP contribution in [0.15, 0.2) is 18.2 Å². The third kappa shape index (κ3) is 5.78. The molecule has 18 heavy (non-hydrogen) atoms. The molecule has 1 unspecified atom stereocenters. The van der Waals surface area contributed by atoms with E-state index in [-0.39, 0.29) is 5.82 Å². The Morgan fingerprint density at radius 3 is 2.61 bits per heavy atom. The van der Waals surface area contributed by atoms with E-state index in [0.717, 1.165) is 5.56 Å². The van der Waals surface area contributed by atoms with Crippen molar-refractivity contribution in [2.75, 3.05) is 27.2 Å². The van der Waals surface area contributed by atoms with Gasteiger partial charge in [-0.05, 0) is 44.8 Å². The van der Waals surface area contributed by atoms with Gasteiger partial charge in [0, 0.05) is 24.7 Å². The SMILES string of the molecule is CN(C)CC(C)(O)CNCc1cc(F)cc(Cl)c1. The molecule has 3 nitrogen and oxygen atoms in total. The Morgan fingerprint density at radius 1 is 1.39 bits per heavy atom. The van der Waals surface area contributed by atoms with E-state index in [9.17, 15) is 9.50 Å². The number of hydrogen-bond donors (Lipinski definition) is 2. The van der Waals surface area contributed by atoms with Crippen LogP contribution in [0.25, 0.3) is 0 Å². The smallest absolute Gasteiger partial charge is 0.125 e. The van der Waals surface area contributed by atoms with Gasteiger partial charge in [0.05, 0.1) is 5.60 Å². The molecule has 0 aliphatic heterocycles. The Balaban J connectivity index is 2.46. The zero-order valence-electron chi connectivity index (χ0n) is 11.0. The minimum atomic E-state index is -0.819. The van der Waals surface area contributed by atoms with Gasteiger partial charge in [0.15, 0.2) is 0 Å². The van der Waals surface area contributed by atoms with Crippen LogP contribution in [0.1, 0.15) is 12.5 Å². The molecule has 1 atom stereocenters. The second-order valence-electron chi connectivity index (χ2n) is 5.12. The molecule has 1 rings (SSSR count). The lowest BCUT2D eigenvalue weighted by Crippen LogP contribution is -2.45. The zero-order valence-corrected chi connectivity index (χ0v) is 11.8. The van der Waals surface area contributed by atoms with Crippen molar-refractivity contribution in [1.29, 1.82) is 0 Å². The van der Waals surface area contributed by atoms with Crippen LogP contribution in [0.2, 0.25) is 5.02 Å². The first-order valence-electron chi connectivity index (χ1n) is 5.81. The van der Waals surface area contributed by atoms with Gasteiger partial charge in [-0.1, -0.05) is 11.6 Å². The molecule has 0 spiro atoms. The molecule has 0 aliphatic rings. The fourth-order valence-electron chi connectivity index (χ4n) is 1.93. The number of rotatable bonds is 6. The van der Waals surface area contributed by atoms with Gasteiger partial charge >= 0.3 is 0 Å². The van der Waals surface area contributed by atoms with Crippen molar-refractivity contribution in [1.82, 2.24) is 10.2 Å². The van der Waals surface area contributed by atoms with Gasteiger partial charge < -0.3 is 15.3 Å². The first-order chi connectivity index (χ1) is 8.28. The summed E-state index contributed by atoms with van der Waals surface area (Å²) >= 11 is 5.76. The average Bonchev–Trinajstić information content (AvgIpc) is 2.12. The van der Waals surface area contributed by atoms with Crippen LogP contribution >= 0.6 is 11.6 Å². The lowest BCUT2D eigenvalue weighted by Gasteiger charge is -2.27. The molecule has 102 valence electrons. The fourth-order valence-corrected chi connectivity index (χ4v) is 2.17. The molecule has 1 aromatic rings. The summed E-state index contributed by atoms with van der Waals surface area (Å²) in [5.41, 5.74) is -0.0543. The quantitative estimate of drug-likeness (QED) is 0.832. The third-order valence-electron chi connectivity index (χ3n) is 2.41. The van der Waals surface area contributed by atoms with Crippen LogP contribution in [0.4, 0.5) is 4.39 Å². The fraction of sp³-hybridized carbons (Fsp3) is 0.538. The predicted molar refractivity (Wildman–Crippen MR) is 72.3 cm³/mol. The normalized spacial score (nSPS) is 14.8. The Hall–Kier alpha value is -0.680. The largest absolute Gasteiger partial charge is 0.388 e. The van der Waals surface area contributed by atoms with E-state index in [0.29, 0.717) is 24.7 Å².